The highest BCUT2D eigenvalue weighted by Gasteiger charge is 2.27. The van der Waals surface area contributed by atoms with Crippen molar-refractivity contribution < 1.29 is 17.9 Å². The average Bonchev–Trinajstić information content (AvgIpc) is 3.20. The summed E-state index contributed by atoms with van der Waals surface area (Å²) in [7, 11) is -1.95. The molecule has 0 saturated carbocycles. The maximum atomic E-state index is 13.2. The number of rotatable bonds is 8. The number of methoxy groups -OCH3 is 1. The molecule has 1 N–H and O–H groups in total. The number of piperidine rings is 1. The molecule has 8 heteroatoms. The third kappa shape index (κ3) is 6.42. The topological polar surface area (TPSA) is 78.9 Å². The Bertz CT molecular complexity index is 1070. The van der Waals surface area contributed by atoms with Crippen LogP contribution in [0.2, 0.25) is 0 Å². The summed E-state index contributed by atoms with van der Waals surface area (Å²) in [5, 5.41) is 3.07. The Labute approximate surface area is 209 Å². The molecule has 2 aliphatic rings. The summed E-state index contributed by atoms with van der Waals surface area (Å²) < 4.78 is 33.3. The number of likely N-dealkylation sites (tertiary alicyclic amines) is 1. The molecule has 2 fully saturated rings. The van der Waals surface area contributed by atoms with Gasteiger partial charge in [0.15, 0.2) is 0 Å². The van der Waals surface area contributed by atoms with E-state index < -0.39 is 10.0 Å². The number of ether oxygens (including phenoxy) is 1. The van der Waals surface area contributed by atoms with Crippen molar-refractivity contribution >= 4 is 15.9 Å². The molecule has 0 radical (unpaired) electrons. The molecule has 1 atom stereocenters. The summed E-state index contributed by atoms with van der Waals surface area (Å²) in [6, 6.07) is 14.5. The molecule has 2 aromatic carbocycles. The van der Waals surface area contributed by atoms with Gasteiger partial charge in [-0.1, -0.05) is 37.5 Å². The van der Waals surface area contributed by atoms with Gasteiger partial charge in [0.05, 0.1) is 18.0 Å². The van der Waals surface area contributed by atoms with Gasteiger partial charge < -0.3 is 10.1 Å². The lowest BCUT2D eigenvalue weighted by Gasteiger charge is -2.35. The maximum absolute atomic E-state index is 13.2. The van der Waals surface area contributed by atoms with Gasteiger partial charge in [0.2, 0.25) is 10.0 Å². The van der Waals surface area contributed by atoms with Crippen LogP contribution in [-0.4, -0.2) is 63.4 Å². The van der Waals surface area contributed by atoms with Gasteiger partial charge in [0, 0.05) is 25.2 Å². The fourth-order valence-electron chi connectivity index (χ4n) is 5.03. The fourth-order valence-corrected chi connectivity index (χ4v) is 6.60. The van der Waals surface area contributed by atoms with Crippen LogP contribution >= 0.6 is 0 Å². The van der Waals surface area contributed by atoms with Gasteiger partial charge in [-0.25, -0.2) is 8.42 Å². The monoisotopic (exact) mass is 499 g/mol. The number of carbonyl (C=O) groups is 1. The number of carbonyl (C=O) groups excluding carboxylic acids is 1. The standard InChI is InChI=1S/C27H37N3O4S/c1-34-24-14-12-22(13-15-24)26(29-16-5-4-6-17-29)21-28-27(31)23-10-9-11-25(20-23)35(32,33)30-18-7-2-3-8-19-30/h9-15,20,26H,2-8,16-19,21H2,1H3,(H,28,31)/t26-/m0/s1. The molecule has 7 nitrogen and oxygen atoms in total. The quantitative estimate of drug-likeness (QED) is 0.589. The third-order valence-corrected chi connectivity index (χ3v) is 8.98. The first-order valence-corrected chi connectivity index (χ1v) is 14.2. The number of sulfonamides is 1. The van der Waals surface area contributed by atoms with E-state index in [1.807, 2.05) is 12.1 Å². The molecule has 0 unspecified atom stereocenters. The van der Waals surface area contributed by atoms with Crippen molar-refractivity contribution in [1.82, 2.24) is 14.5 Å². The Morgan fingerprint density at radius 1 is 0.914 bits per heavy atom. The van der Waals surface area contributed by atoms with Crippen LogP contribution < -0.4 is 10.1 Å². The van der Waals surface area contributed by atoms with E-state index in [9.17, 15) is 13.2 Å². The van der Waals surface area contributed by atoms with Crippen LogP contribution in [0.3, 0.4) is 0 Å². The van der Waals surface area contributed by atoms with Crippen molar-refractivity contribution in [2.24, 2.45) is 0 Å². The Hall–Kier alpha value is -2.42. The van der Waals surface area contributed by atoms with Crippen molar-refractivity contribution in [1.29, 1.82) is 0 Å². The highest BCUT2D eigenvalue weighted by Crippen LogP contribution is 2.26. The molecule has 2 heterocycles. The first-order chi connectivity index (χ1) is 17.0. The molecule has 0 aromatic heterocycles. The highest BCUT2D eigenvalue weighted by molar-refractivity contribution is 7.89. The molecule has 2 aliphatic heterocycles. The van der Waals surface area contributed by atoms with Crippen molar-refractivity contribution in [3.8, 4) is 5.75 Å². The number of hydrogen-bond donors (Lipinski definition) is 1. The molecule has 4 rings (SSSR count). The summed E-state index contributed by atoms with van der Waals surface area (Å²) >= 11 is 0. The molecule has 1 amide bonds. The van der Waals surface area contributed by atoms with Crippen LogP contribution in [-0.2, 0) is 10.0 Å². The van der Waals surface area contributed by atoms with Crippen molar-refractivity contribution in [3.05, 3.63) is 59.7 Å². The third-order valence-electron chi connectivity index (χ3n) is 7.09. The number of nitrogens with zero attached hydrogens (tertiary/aromatic N) is 2. The largest absolute Gasteiger partial charge is 0.497 e. The van der Waals surface area contributed by atoms with Crippen molar-refractivity contribution in [2.45, 2.75) is 55.9 Å². The van der Waals surface area contributed by atoms with Crippen molar-refractivity contribution in [2.75, 3.05) is 39.8 Å². The zero-order valence-electron chi connectivity index (χ0n) is 20.6. The lowest BCUT2D eigenvalue weighted by atomic mass is 10.0. The second kappa shape index (κ2) is 12.0. The number of hydrogen-bond acceptors (Lipinski definition) is 5. The van der Waals surface area contributed by atoms with Gasteiger partial charge in [-0.05, 0) is 74.7 Å². The van der Waals surface area contributed by atoms with E-state index in [0.717, 1.165) is 62.9 Å². The summed E-state index contributed by atoms with van der Waals surface area (Å²) in [6.07, 6.45) is 7.40. The Morgan fingerprint density at radius 2 is 1.54 bits per heavy atom. The molecule has 190 valence electrons. The normalized spacial score (nSPS) is 19.0. The number of benzene rings is 2. The van der Waals surface area contributed by atoms with Crippen molar-refractivity contribution in [3.63, 3.8) is 0 Å². The summed E-state index contributed by atoms with van der Waals surface area (Å²) in [6.45, 7) is 3.52. The van der Waals surface area contributed by atoms with Crippen LogP contribution in [0.4, 0.5) is 0 Å². The van der Waals surface area contributed by atoms with E-state index in [4.69, 9.17) is 4.74 Å². The lowest BCUT2D eigenvalue weighted by molar-refractivity contribution is 0.0924. The predicted molar refractivity (Wildman–Crippen MR) is 137 cm³/mol. The Balaban J connectivity index is 1.48. The first-order valence-electron chi connectivity index (χ1n) is 12.8. The minimum Gasteiger partial charge on any atom is -0.497 e. The fraction of sp³-hybridized carbons (Fsp3) is 0.519. The Kier molecular flexibility index (Phi) is 8.81. The molecule has 2 saturated heterocycles. The maximum Gasteiger partial charge on any atom is 0.251 e. The summed E-state index contributed by atoms with van der Waals surface area (Å²) in [5.74, 6) is 0.547. The van der Waals surface area contributed by atoms with Gasteiger partial charge >= 0.3 is 0 Å². The van der Waals surface area contributed by atoms with Gasteiger partial charge in [0.1, 0.15) is 5.75 Å². The zero-order valence-corrected chi connectivity index (χ0v) is 21.4. The predicted octanol–water partition coefficient (Wildman–Crippen LogP) is 4.22. The summed E-state index contributed by atoms with van der Waals surface area (Å²) in [5.41, 5.74) is 1.50. The van der Waals surface area contributed by atoms with E-state index in [0.29, 0.717) is 25.2 Å². The van der Waals surface area contributed by atoms with Crippen LogP contribution in [0, 0.1) is 0 Å². The smallest absolute Gasteiger partial charge is 0.251 e. The average molecular weight is 500 g/mol. The van der Waals surface area contributed by atoms with E-state index >= 15 is 0 Å². The Morgan fingerprint density at radius 3 is 2.20 bits per heavy atom. The van der Waals surface area contributed by atoms with Crippen LogP contribution in [0.25, 0.3) is 0 Å². The second-order valence-corrected chi connectivity index (χ2v) is 11.4. The van der Waals surface area contributed by atoms with E-state index in [1.54, 1.807) is 29.6 Å². The highest BCUT2D eigenvalue weighted by atomic mass is 32.2. The summed E-state index contributed by atoms with van der Waals surface area (Å²) in [4.78, 5) is 15.7. The van der Waals surface area contributed by atoms with Gasteiger partial charge in [-0.15, -0.1) is 0 Å². The minimum atomic E-state index is -3.61. The SMILES string of the molecule is COc1ccc([C@H](CNC(=O)c2cccc(S(=O)(=O)N3CCCCCC3)c2)N2CCCCC2)cc1. The molecular weight excluding hydrogens is 462 g/mol. The van der Waals surface area contributed by atoms with Crippen LogP contribution in [0.1, 0.15) is 66.9 Å². The molecule has 0 aliphatic carbocycles. The minimum absolute atomic E-state index is 0.0502. The van der Waals surface area contributed by atoms with E-state index in [2.05, 4.69) is 22.3 Å². The van der Waals surface area contributed by atoms with Crippen LogP contribution in [0.5, 0.6) is 5.75 Å². The molecule has 0 spiro atoms. The van der Waals surface area contributed by atoms with E-state index in [1.165, 1.54) is 12.5 Å². The first kappa shape index (κ1) is 25.7. The lowest BCUT2D eigenvalue weighted by Crippen LogP contribution is -2.40. The van der Waals surface area contributed by atoms with Gasteiger partial charge in [-0.3, -0.25) is 9.69 Å². The second-order valence-electron chi connectivity index (χ2n) is 9.44. The van der Waals surface area contributed by atoms with E-state index in [-0.39, 0.29) is 16.8 Å². The van der Waals surface area contributed by atoms with Crippen LogP contribution in [0.15, 0.2) is 53.4 Å². The number of nitrogens with one attached hydrogen (secondary N) is 1. The molecule has 2 aromatic rings. The molecular formula is C27H37N3O4S. The van der Waals surface area contributed by atoms with Gasteiger partial charge in [-0.2, -0.15) is 4.31 Å². The molecule has 35 heavy (non-hydrogen) atoms. The van der Waals surface area contributed by atoms with Gasteiger partial charge in [0.25, 0.3) is 5.91 Å². The molecule has 0 bridgehead atoms. The zero-order chi connectivity index (χ0) is 24.7. The number of amides is 1.